The van der Waals surface area contributed by atoms with Crippen LogP contribution in [0.1, 0.15) is 26.7 Å². The summed E-state index contributed by atoms with van der Waals surface area (Å²) in [5.74, 6) is -1.10. The van der Waals surface area contributed by atoms with Crippen LogP contribution in [0.5, 0.6) is 0 Å². The number of carbonyl (C=O) groups is 1. The van der Waals surface area contributed by atoms with Gasteiger partial charge in [0.2, 0.25) is 0 Å². The molecule has 1 fully saturated rings. The first-order valence-corrected chi connectivity index (χ1v) is 7.59. The van der Waals surface area contributed by atoms with Crippen LogP contribution in [0, 0.1) is 0 Å². The minimum atomic E-state index is -1.10. The molecule has 0 saturated carbocycles. The van der Waals surface area contributed by atoms with Crippen LogP contribution in [0.15, 0.2) is 27.4 Å². The molecule has 22 heavy (non-hydrogen) atoms. The topological polar surface area (TPSA) is 71.4 Å². The zero-order valence-electron chi connectivity index (χ0n) is 13.3. The smallest absolute Gasteiger partial charge is 0.350 e. The molecule has 0 amide bonds. The van der Waals surface area contributed by atoms with Crippen LogP contribution in [0.25, 0.3) is 0 Å². The summed E-state index contributed by atoms with van der Waals surface area (Å²) in [5, 5.41) is 12.0. The van der Waals surface area contributed by atoms with E-state index < -0.39 is 5.97 Å². The number of nitrogens with zero attached hydrogens (tertiary/aromatic N) is 2. The predicted octanol–water partition coefficient (Wildman–Crippen LogP) is 1.83. The van der Waals surface area contributed by atoms with Crippen molar-refractivity contribution in [3.63, 3.8) is 0 Å². The fourth-order valence-electron chi connectivity index (χ4n) is 2.74. The molecule has 0 aromatic heterocycles. The van der Waals surface area contributed by atoms with Gasteiger partial charge in [0.15, 0.2) is 6.21 Å². The van der Waals surface area contributed by atoms with Crippen LogP contribution in [0.4, 0.5) is 0 Å². The fourth-order valence-corrected chi connectivity index (χ4v) is 2.74. The van der Waals surface area contributed by atoms with Crippen molar-refractivity contribution in [2.45, 2.75) is 26.7 Å². The Balaban J connectivity index is 2.00. The molecule has 1 N–H and O–H groups in total. The van der Waals surface area contributed by atoms with E-state index in [2.05, 4.69) is 23.9 Å². The molecule has 6 heteroatoms. The van der Waals surface area contributed by atoms with Crippen LogP contribution in [0.2, 0.25) is 0 Å². The number of hydrogen-bond acceptors (Lipinski definition) is 5. The molecule has 1 aliphatic heterocycles. The van der Waals surface area contributed by atoms with Gasteiger partial charge in [0.05, 0.1) is 13.2 Å². The number of morpholine rings is 1. The number of aliphatic carboxylic acids is 1. The summed E-state index contributed by atoms with van der Waals surface area (Å²) in [6, 6.07) is 0. The standard InChI is InChI=1S/C16H24N2O4/c1-12-7-14(10-18-3-5-21-6-4-18)15(8-13(12)2)11-22-17-9-16(19)20/h9H,3-8,10-11H2,1-2H3,(H,19,20)/b17-9-. The first-order chi connectivity index (χ1) is 10.6. The molecule has 2 rings (SSSR count). The number of ether oxygens (including phenoxy) is 1. The van der Waals surface area contributed by atoms with E-state index in [4.69, 9.17) is 14.7 Å². The monoisotopic (exact) mass is 308 g/mol. The number of carboxylic acid groups (broad SMARTS) is 1. The van der Waals surface area contributed by atoms with Crippen molar-refractivity contribution in [1.82, 2.24) is 4.90 Å². The normalized spacial score (nSPS) is 20.8. The van der Waals surface area contributed by atoms with Crippen LogP contribution in [0.3, 0.4) is 0 Å². The van der Waals surface area contributed by atoms with Crippen LogP contribution in [-0.4, -0.2) is 61.6 Å². The van der Waals surface area contributed by atoms with Gasteiger partial charge in [0, 0.05) is 19.6 Å². The lowest BCUT2D eigenvalue weighted by Crippen LogP contribution is -2.38. The largest absolute Gasteiger partial charge is 0.477 e. The SMILES string of the molecule is CC1=C(C)CC(CN2CCOCC2)=C(CO/N=C\C(=O)O)C1. The predicted molar refractivity (Wildman–Crippen MR) is 84.0 cm³/mol. The van der Waals surface area contributed by atoms with Gasteiger partial charge in [-0.2, -0.15) is 0 Å². The molecule has 0 aromatic rings. The second-order valence-electron chi connectivity index (χ2n) is 5.86. The summed E-state index contributed by atoms with van der Waals surface area (Å²) >= 11 is 0. The Bertz CT molecular complexity index is 502. The Labute approximate surface area is 131 Å². The number of hydrogen-bond donors (Lipinski definition) is 1. The second kappa shape index (κ2) is 8.10. The molecule has 6 nitrogen and oxygen atoms in total. The molecular formula is C16H24N2O4. The molecule has 0 unspecified atom stereocenters. The molecule has 0 spiro atoms. The molecule has 1 aliphatic carbocycles. The summed E-state index contributed by atoms with van der Waals surface area (Å²) < 4.78 is 5.39. The molecule has 0 bridgehead atoms. The van der Waals surface area contributed by atoms with Gasteiger partial charge in [-0.15, -0.1) is 0 Å². The maximum Gasteiger partial charge on any atom is 0.350 e. The van der Waals surface area contributed by atoms with E-state index in [9.17, 15) is 4.79 Å². The summed E-state index contributed by atoms with van der Waals surface area (Å²) in [4.78, 5) is 18.0. The van der Waals surface area contributed by atoms with Gasteiger partial charge in [0.1, 0.15) is 6.61 Å². The van der Waals surface area contributed by atoms with E-state index in [-0.39, 0.29) is 0 Å². The lowest BCUT2D eigenvalue weighted by molar-refractivity contribution is -0.129. The highest BCUT2D eigenvalue weighted by Crippen LogP contribution is 2.30. The fraction of sp³-hybridized carbons (Fsp3) is 0.625. The molecule has 1 heterocycles. The van der Waals surface area contributed by atoms with Gasteiger partial charge < -0.3 is 14.7 Å². The van der Waals surface area contributed by atoms with Crippen molar-refractivity contribution in [2.24, 2.45) is 5.16 Å². The summed E-state index contributed by atoms with van der Waals surface area (Å²) in [6.45, 7) is 9.08. The molecular weight excluding hydrogens is 284 g/mol. The highest BCUT2D eigenvalue weighted by atomic mass is 16.6. The molecule has 0 atom stereocenters. The van der Waals surface area contributed by atoms with Gasteiger partial charge in [-0.05, 0) is 37.8 Å². The number of allylic oxidation sites excluding steroid dienone is 2. The van der Waals surface area contributed by atoms with E-state index >= 15 is 0 Å². The lowest BCUT2D eigenvalue weighted by atomic mass is 9.87. The van der Waals surface area contributed by atoms with Gasteiger partial charge in [-0.1, -0.05) is 16.3 Å². The van der Waals surface area contributed by atoms with Crippen molar-refractivity contribution in [2.75, 3.05) is 39.5 Å². The van der Waals surface area contributed by atoms with Gasteiger partial charge >= 0.3 is 5.97 Å². The quantitative estimate of drug-likeness (QED) is 0.460. The Hall–Kier alpha value is -1.66. The first kappa shape index (κ1) is 16.7. The number of carboxylic acids is 1. The van der Waals surface area contributed by atoms with Crippen LogP contribution in [-0.2, 0) is 14.4 Å². The average molecular weight is 308 g/mol. The maximum atomic E-state index is 10.4. The van der Waals surface area contributed by atoms with E-state index in [1.165, 1.54) is 22.3 Å². The van der Waals surface area contributed by atoms with E-state index in [0.717, 1.165) is 51.9 Å². The molecule has 122 valence electrons. The van der Waals surface area contributed by atoms with Gasteiger partial charge in [-0.3, -0.25) is 4.90 Å². The minimum Gasteiger partial charge on any atom is -0.477 e. The Kier molecular flexibility index (Phi) is 6.15. The second-order valence-corrected chi connectivity index (χ2v) is 5.86. The first-order valence-electron chi connectivity index (χ1n) is 7.59. The van der Waals surface area contributed by atoms with E-state index in [1.54, 1.807) is 0 Å². The van der Waals surface area contributed by atoms with E-state index in [1.807, 2.05) is 0 Å². The maximum absolute atomic E-state index is 10.4. The van der Waals surface area contributed by atoms with Crippen molar-refractivity contribution in [3.05, 3.63) is 22.3 Å². The van der Waals surface area contributed by atoms with Crippen LogP contribution < -0.4 is 0 Å². The molecule has 2 aliphatic rings. The number of rotatable bonds is 6. The van der Waals surface area contributed by atoms with Crippen molar-refractivity contribution < 1.29 is 19.5 Å². The van der Waals surface area contributed by atoms with Crippen molar-refractivity contribution in [1.29, 1.82) is 0 Å². The highest BCUT2D eigenvalue weighted by molar-refractivity contribution is 6.21. The Morgan fingerprint density at radius 3 is 2.55 bits per heavy atom. The molecule has 0 aromatic carbocycles. The zero-order valence-corrected chi connectivity index (χ0v) is 13.3. The van der Waals surface area contributed by atoms with Crippen molar-refractivity contribution >= 4 is 12.2 Å². The summed E-state index contributed by atoms with van der Waals surface area (Å²) in [5.41, 5.74) is 5.38. The van der Waals surface area contributed by atoms with Crippen LogP contribution >= 0.6 is 0 Å². The Morgan fingerprint density at radius 2 is 1.91 bits per heavy atom. The lowest BCUT2D eigenvalue weighted by Gasteiger charge is -2.30. The summed E-state index contributed by atoms with van der Waals surface area (Å²) in [7, 11) is 0. The third-order valence-corrected chi connectivity index (χ3v) is 4.18. The minimum absolute atomic E-state index is 0.355. The van der Waals surface area contributed by atoms with E-state index in [0.29, 0.717) is 6.61 Å². The highest BCUT2D eigenvalue weighted by Gasteiger charge is 2.20. The van der Waals surface area contributed by atoms with Gasteiger partial charge in [-0.25, -0.2) is 4.79 Å². The third-order valence-electron chi connectivity index (χ3n) is 4.18. The molecule has 0 radical (unpaired) electrons. The van der Waals surface area contributed by atoms with Gasteiger partial charge in [0.25, 0.3) is 0 Å². The Morgan fingerprint density at radius 1 is 1.27 bits per heavy atom. The molecule has 1 saturated heterocycles. The van der Waals surface area contributed by atoms with Crippen molar-refractivity contribution in [3.8, 4) is 0 Å². The summed E-state index contributed by atoms with van der Waals surface area (Å²) in [6.07, 6.45) is 2.62. The number of oxime groups is 1. The third kappa shape index (κ3) is 4.96. The zero-order chi connectivity index (χ0) is 15.9. The average Bonchev–Trinajstić information content (AvgIpc) is 2.49.